The van der Waals surface area contributed by atoms with Gasteiger partial charge in [-0.3, -0.25) is 9.59 Å². The molecule has 0 amide bonds. The molecule has 1 aromatic rings. The zero-order valence-electron chi connectivity index (χ0n) is 9.32. The van der Waals surface area contributed by atoms with Crippen LogP contribution in [0.1, 0.15) is 38.8 Å². The van der Waals surface area contributed by atoms with Crippen molar-refractivity contribution in [2.45, 2.75) is 19.3 Å². The molecule has 0 N–H and O–H groups in total. The average Bonchev–Trinajstić information content (AvgIpc) is 2.24. The largest absolute Gasteiger partial charge is 0.417 e. The Hall–Kier alpha value is -1.86. The number of hydrogen-bond acceptors (Lipinski definition) is 2. The highest BCUT2D eigenvalue weighted by atomic mass is 19.4. The number of carbonyl (C=O) groups excluding carboxylic acids is 2. The summed E-state index contributed by atoms with van der Waals surface area (Å²) in [6, 6.07) is 0.0848. The van der Waals surface area contributed by atoms with Gasteiger partial charge in [-0.15, -0.1) is 0 Å². The lowest BCUT2D eigenvalue weighted by atomic mass is 9.96. The van der Waals surface area contributed by atoms with E-state index in [-0.39, 0.29) is 18.4 Å². The Balaban J connectivity index is 3.71. The van der Waals surface area contributed by atoms with Gasteiger partial charge in [0.25, 0.3) is 0 Å². The zero-order chi connectivity index (χ0) is 15.0. The number of halogens is 6. The predicted octanol–water partition coefficient (Wildman–Crippen LogP) is 3.74. The van der Waals surface area contributed by atoms with Crippen LogP contribution in [0.4, 0.5) is 26.3 Å². The van der Waals surface area contributed by atoms with Crippen LogP contribution in [0.25, 0.3) is 0 Å². The molecule has 0 unspecified atom stereocenters. The number of rotatable bonds is 2. The molecule has 0 aliphatic heterocycles. The van der Waals surface area contributed by atoms with Gasteiger partial charge in [0.05, 0.1) is 11.1 Å². The first kappa shape index (κ1) is 15.2. The van der Waals surface area contributed by atoms with Crippen LogP contribution in [-0.4, -0.2) is 12.1 Å². The van der Waals surface area contributed by atoms with Gasteiger partial charge in [0.1, 0.15) is 0 Å². The fraction of sp³-hybridized carbons (Fsp3) is 0.273. The van der Waals surface area contributed by atoms with Gasteiger partial charge in [-0.05, 0) is 19.1 Å². The highest BCUT2D eigenvalue weighted by Crippen LogP contribution is 2.38. The SMILES string of the molecule is CC(=O)c1cc(C(F)(F)F)c(C=O)cc1C(F)(F)F. The molecule has 1 aromatic carbocycles. The third-order valence-corrected chi connectivity index (χ3v) is 2.31. The van der Waals surface area contributed by atoms with Gasteiger partial charge in [0.15, 0.2) is 12.1 Å². The lowest BCUT2D eigenvalue weighted by Gasteiger charge is -2.16. The Labute approximate surface area is 103 Å². The van der Waals surface area contributed by atoms with E-state index in [0.29, 0.717) is 6.92 Å². The Kier molecular flexibility index (Phi) is 3.74. The first-order valence-electron chi connectivity index (χ1n) is 4.77. The van der Waals surface area contributed by atoms with Crippen molar-refractivity contribution in [3.63, 3.8) is 0 Å². The zero-order valence-corrected chi connectivity index (χ0v) is 9.32. The quantitative estimate of drug-likeness (QED) is 0.471. The number of alkyl halides is 6. The van der Waals surface area contributed by atoms with Crippen LogP contribution in [0.5, 0.6) is 0 Å². The molecule has 19 heavy (non-hydrogen) atoms. The molecule has 0 bridgehead atoms. The van der Waals surface area contributed by atoms with Crippen LogP contribution < -0.4 is 0 Å². The van der Waals surface area contributed by atoms with E-state index in [4.69, 9.17) is 0 Å². The van der Waals surface area contributed by atoms with E-state index < -0.39 is 40.4 Å². The third-order valence-electron chi connectivity index (χ3n) is 2.31. The van der Waals surface area contributed by atoms with E-state index in [1.807, 2.05) is 0 Å². The molecule has 8 heteroatoms. The summed E-state index contributed by atoms with van der Waals surface area (Å²) < 4.78 is 75.5. The van der Waals surface area contributed by atoms with E-state index in [9.17, 15) is 35.9 Å². The molecule has 0 heterocycles. The van der Waals surface area contributed by atoms with E-state index in [1.54, 1.807) is 0 Å². The minimum atomic E-state index is -5.02. The minimum absolute atomic E-state index is 0.0343. The van der Waals surface area contributed by atoms with Crippen LogP contribution in [0.15, 0.2) is 12.1 Å². The number of ketones is 1. The number of hydrogen-bond donors (Lipinski definition) is 0. The first-order valence-corrected chi connectivity index (χ1v) is 4.77. The topological polar surface area (TPSA) is 34.1 Å². The second-order valence-corrected chi connectivity index (χ2v) is 3.65. The third kappa shape index (κ3) is 3.12. The average molecular weight is 284 g/mol. The molecule has 1 rings (SSSR count). The fourth-order valence-electron chi connectivity index (χ4n) is 1.49. The van der Waals surface area contributed by atoms with Crippen molar-refractivity contribution >= 4 is 12.1 Å². The van der Waals surface area contributed by atoms with Crippen molar-refractivity contribution in [1.82, 2.24) is 0 Å². The molecular weight excluding hydrogens is 278 g/mol. The first-order chi connectivity index (χ1) is 8.48. The van der Waals surface area contributed by atoms with Gasteiger partial charge in [0.2, 0.25) is 0 Å². The van der Waals surface area contributed by atoms with Gasteiger partial charge in [0, 0.05) is 11.1 Å². The van der Waals surface area contributed by atoms with Gasteiger partial charge in [-0.2, -0.15) is 26.3 Å². The highest BCUT2D eigenvalue weighted by Gasteiger charge is 2.40. The van der Waals surface area contributed by atoms with Gasteiger partial charge >= 0.3 is 12.4 Å². The Morgan fingerprint density at radius 1 is 1.00 bits per heavy atom. The maximum Gasteiger partial charge on any atom is 0.417 e. The Morgan fingerprint density at radius 3 is 1.79 bits per heavy atom. The summed E-state index contributed by atoms with van der Waals surface area (Å²) >= 11 is 0. The van der Waals surface area contributed by atoms with Crippen LogP contribution in [0.2, 0.25) is 0 Å². The second kappa shape index (κ2) is 4.67. The number of benzene rings is 1. The molecule has 0 fully saturated rings. The molecule has 0 aliphatic rings. The summed E-state index contributed by atoms with van der Waals surface area (Å²) in [5, 5.41) is 0. The molecular formula is C11H6F6O2. The number of carbonyl (C=O) groups is 2. The van der Waals surface area contributed by atoms with Crippen molar-refractivity contribution < 1.29 is 35.9 Å². The van der Waals surface area contributed by atoms with E-state index >= 15 is 0 Å². The summed E-state index contributed by atoms with van der Waals surface area (Å²) in [6.07, 6.45) is -10.4. The van der Waals surface area contributed by atoms with Crippen molar-refractivity contribution in [3.8, 4) is 0 Å². The molecule has 0 aromatic heterocycles. The van der Waals surface area contributed by atoms with E-state index in [2.05, 4.69) is 0 Å². The standard InChI is InChI=1S/C11H6F6O2/c1-5(19)7-3-8(10(12,13)14)6(4-18)2-9(7)11(15,16)17/h2-4H,1H3. The second-order valence-electron chi connectivity index (χ2n) is 3.65. The summed E-state index contributed by atoms with van der Waals surface area (Å²) in [5.41, 5.74) is -5.41. The molecule has 0 saturated heterocycles. The Bertz CT molecular complexity index is 527. The predicted molar refractivity (Wildman–Crippen MR) is 51.8 cm³/mol. The van der Waals surface area contributed by atoms with E-state index in [1.165, 1.54) is 0 Å². The van der Waals surface area contributed by atoms with Crippen molar-refractivity contribution in [1.29, 1.82) is 0 Å². The molecule has 104 valence electrons. The van der Waals surface area contributed by atoms with Crippen LogP contribution in [0.3, 0.4) is 0 Å². The molecule has 2 nitrogen and oxygen atoms in total. The summed E-state index contributed by atoms with van der Waals surface area (Å²) in [5.74, 6) is -1.17. The van der Waals surface area contributed by atoms with Crippen LogP contribution in [0, 0.1) is 0 Å². The van der Waals surface area contributed by atoms with Crippen LogP contribution >= 0.6 is 0 Å². The van der Waals surface area contributed by atoms with Gasteiger partial charge < -0.3 is 0 Å². The van der Waals surface area contributed by atoms with E-state index in [0.717, 1.165) is 0 Å². The monoisotopic (exact) mass is 284 g/mol. The van der Waals surface area contributed by atoms with Gasteiger partial charge in [-0.25, -0.2) is 0 Å². The van der Waals surface area contributed by atoms with Gasteiger partial charge in [-0.1, -0.05) is 0 Å². The summed E-state index contributed by atoms with van der Waals surface area (Å²) in [7, 11) is 0. The maximum atomic E-state index is 12.6. The summed E-state index contributed by atoms with van der Waals surface area (Å²) in [6.45, 7) is 0.714. The fourth-order valence-corrected chi connectivity index (χ4v) is 1.49. The van der Waals surface area contributed by atoms with Crippen molar-refractivity contribution in [2.24, 2.45) is 0 Å². The maximum absolute atomic E-state index is 12.6. The molecule has 0 aliphatic carbocycles. The lowest BCUT2D eigenvalue weighted by molar-refractivity contribution is -0.141. The number of aldehydes is 1. The molecule has 0 atom stereocenters. The molecule has 0 spiro atoms. The normalized spacial score (nSPS) is 12.4. The number of Topliss-reactive ketones (excluding diaryl/α,β-unsaturated/α-hetero) is 1. The summed E-state index contributed by atoms with van der Waals surface area (Å²) in [4.78, 5) is 21.5. The highest BCUT2D eigenvalue weighted by molar-refractivity contribution is 5.97. The minimum Gasteiger partial charge on any atom is -0.298 e. The smallest absolute Gasteiger partial charge is 0.298 e. The lowest BCUT2D eigenvalue weighted by Crippen LogP contribution is -2.17. The molecule has 0 radical (unpaired) electrons. The van der Waals surface area contributed by atoms with Crippen LogP contribution in [-0.2, 0) is 12.4 Å². The Morgan fingerprint density at radius 2 is 1.47 bits per heavy atom. The van der Waals surface area contributed by atoms with Crippen molar-refractivity contribution in [3.05, 3.63) is 34.4 Å². The molecule has 0 saturated carbocycles. The van der Waals surface area contributed by atoms with Crippen molar-refractivity contribution in [2.75, 3.05) is 0 Å².